The van der Waals surface area contributed by atoms with E-state index in [0.717, 1.165) is 36.1 Å². The lowest BCUT2D eigenvalue weighted by atomic mass is 9.87. The molecule has 3 aromatic rings. The third-order valence-corrected chi connectivity index (χ3v) is 9.96. The van der Waals surface area contributed by atoms with Gasteiger partial charge in [-0.15, -0.1) is 10.2 Å². The normalized spacial score (nSPS) is 21.0. The number of hydrogen-bond donors (Lipinski definition) is 0. The third kappa shape index (κ3) is 4.61. The molecular weight excluding hydrogens is 444 g/mol. The lowest BCUT2D eigenvalue weighted by Crippen LogP contribution is -2.43. The second-order valence-corrected chi connectivity index (χ2v) is 17.9. The standard InChI is InChI=1S/C21H34N6O3SSi/c1-6-31(28,29)26-10-7-16(2)17(14-26)20-24-23-19-13-22-21-18(27(19)20)8-9-25(21)15-30-11-12-32(3,4)5/h8-9,13,16-17H,6-7,10-12,14-15H2,1-5H3/t16-,17-/m1/s1. The molecule has 176 valence electrons. The monoisotopic (exact) mass is 478 g/mol. The number of hydrogen-bond acceptors (Lipinski definition) is 6. The van der Waals surface area contributed by atoms with Gasteiger partial charge >= 0.3 is 0 Å². The highest BCUT2D eigenvalue weighted by molar-refractivity contribution is 7.89. The van der Waals surface area contributed by atoms with E-state index in [1.807, 2.05) is 21.2 Å². The van der Waals surface area contributed by atoms with E-state index in [2.05, 4.69) is 41.7 Å². The average molecular weight is 479 g/mol. The Hall–Kier alpha value is -1.82. The second kappa shape index (κ2) is 8.84. The van der Waals surface area contributed by atoms with Crippen molar-refractivity contribution in [2.75, 3.05) is 25.4 Å². The van der Waals surface area contributed by atoms with Crippen LogP contribution in [0.25, 0.3) is 16.8 Å². The van der Waals surface area contributed by atoms with Crippen molar-refractivity contribution in [1.82, 2.24) is 28.5 Å². The number of nitrogens with zero attached hydrogens (tertiary/aromatic N) is 6. The summed E-state index contributed by atoms with van der Waals surface area (Å²) in [7, 11) is -4.37. The van der Waals surface area contributed by atoms with Crippen LogP contribution in [-0.2, 0) is 21.5 Å². The summed E-state index contributed by atoms with van der Waals surface area (Å²) in [5.41, 5.74) is 2.40. The van der Waals surface area contributed by atoms with Gasteiger partial charge in [0.05, 0.1) is 17.5 Å². The molecule has 11 heteroatoms. The zero-order chi connectivity index (χ0) is 23.1. The molecule has 1 aliphatic heterocycles. The van der Waals surface area contributed by atoms with Crippen LogP contribution in [-0.4, -0.2) is 70.4 Å². The lowest BCUT2D eigenvalue weighted by Gasteiger charge is -2.35. The smallest absolute Gasteiger partial charge is 0.213 e. The van der Waals surface area contributed by atoms with Crippen LogP contribution in [0.3, 0.4) is 0 Å². The molecule has 0 aromatic carbocycles. The molecule has 0 bridgehead atoms. The summed E-state index contributed by atoms with van der Waals surface area (Å²) < 4.78 is 36.6. The Bertz CT molecular complexity index is 1200. The van der Waals surface area contributed by atoms with Crippen LogP contribution in [0.4, 0.5) is 0 Å². The maximum Gasteiger partial charge on any atom is 0.213 e. The van der Waals surface area contributed by atoms with E-state index in [4.69, 9.17) is 4.74 Å². The highest BCUT2D eigenvalue weighted by Gasteiger charge is 2.35. The van der Waals surface area contributed by atoms with Crippen LogP contribution in [0.15, 0.2) is 18.5 Å². The van der Waals surface area contributed by atoms with Gasteiger partial charge in [0, 0.05) is 39.9 Å². The number of aromatic nitrogens is 5. The highest BCUT2D eigenvalue weighted by atomic mass is 32.2. The Kier molecular flexibility index (Phi) is 6.45. The van der Waals surface area contributed by atoms with Crippen LogP contribution in [0, 0.1) is 5.92 Å². The van der Waals surface area contributed by atoms with Crippen molar-refractivity contribution in [2.24, 2.45) is 5.92 Å². The molecule has 4 rings (SSSR count). The van der Waals surface area contributed by atoms with Crippen molar-refractivity contribution in [3.05, 3.63) is 24.3 Å². The van der Waals surface area contributed by atoms with E-state index in [0.29, 0.717) is 31.4 Å². The zero-order valence-corrected chi connectivity index (χ0v) is 21.5. The van der Waals surface area contributed by atoms with Crippen LogP contribution in [0.2, 0.25) is 25.7 Å². The summed E-state index contributed by atoms with van der Waals surface area (Å²) in [6, 6.07) is 3.13. The number of fused-ring (bicyclic) bond motifs is 3. The number of sulfonamides is 1. The molecular formula is C21H34N6O3SSi. The number of rotatable bonds is 8. The Morgan fingerprint density at radius 1 is 1.25 bits per heavy atom. The van der Waals surface area contributed by atoms with Gasteiger partial charge in [-0.3, -0.25) is 4.40 Å². The first kappa shape index (κ1) is 23.3. The predicted octanol–water partition coefficient (Wildman–Crippen LogP) is 3.17. The van der Waals surface area contributed by atoms with Gasteiger partial charge in [-0.25, -0.2) is 17.7 Å². The molecule has 4 heterocycles. The van der Waals surface area contributed by atoms with Crippen LogP contribution < -0.4 is 0 Å². The quantitative estimate of drug-likeness (QED) is 0.365. The van der Waals surface area contributed by atoms with E-state index in [9.17, 15) is 8.42 Å². The van der Waals surface area contributed by atoms with Gasteiger partial charge in [-0.05, 0) is 31.4 Å². The van der Waals surface area contributed by atoms with E-state index < -0.39 is 18.1 Å². The van der Waals surface area contributed by atoms with E-state index in [1.54, 1.807) is 17.4 Å². The van der Waals surface area contributed by atoms with Gasteiger partial charge in [0.2, 0.25) is 10.0 Å². The fourth-order valence-corrected chi connectivity index (χ4v) is 6.12. The minimum absolute atomic E-state index is 0.0259. The summed E-state index contributed by atoms with van der Waals surface area (Å²) in [6.45, 7) is 13.1. The Balaban J connectivity index is 1.64. The lowest BCUT2D eigenvalue weighted by molar-refractivity contribution is 0.0899. The second-order valence-electron chi connectivity index (χ2n) is 9.98. The van der Waals surface area contributed by atoms with Crippen LogP contribution in [0.5, 0.6) is 0 Å². The molecule has 0 N–H and O–H groups in total. The summed E-state index contributed by atoms with van der Waals surface area (Å²) in [6.07, 6.45) is 4.51. The molecule has 0 amide bonds. The van der Waals surface area contributed by atoms with Crippen LogP contribution >= 0.6 is 0 Å². The molecule has 9 nitrogen and oxygen atoms in total. The van der Waals surface area contributed by atoms with Gasteiger partial charge in [0.15, 0.2) is 11.3 Å². The molecule has 32 heavy (non-hydrogen) atoms. The largest absolute Gasteiger partial charge is 0.361 e. The molecule has 0 aliphatic carbocycles. The molecule has 2 atom stereocenters. The summed E-state index contributed by atoms with van der Waals surface area (Å²) >= 11 is 0. The Labute approximate surface area is 190 Å². The predicted molar refractivity (Wildman–Crippen MR) is 128 cm³/mol. The SMILES string of the molecule is CCS(=O)(=O)N1CC[C@@H](C)[C@H](c2nnc3cnc4c(ccn4COCC[Si](C)(C)C)n23)C1. The van der Waals surface area contributed by atoms with Gasteiger partial charge in [0.1, 0.15) is 12.6 Å². The average Bonchev–Trinajstić information content (AvgIpc) is 3.34. The molecule has 0 unspecified atom stereocenters. The van der Waals surface area contributed by atoms with E-state index in [-0.39, 0.29) is 11.7 Å². The summed E-state index contributed by atoms with van der Waals surface area (Å²) in [4.78, 5) is 4.60. The fraction of sp³-hybridized carbons (Fsp3) is 0.667. The number of piperidine rings is 1. The fourth-order valence-electron chi connectivity index (χ4n) is 4.22. The van der Waals surface area contributed by atoms with Gasteiger partial charge in [0.25, 0.3) is 0 Å². The zero-order valence-electron chi connectivity index (χ0n) is 19.7. The molecule has 0 spiro atoms. The molecule has 0 radical (unpaired) electrons. The van der Waals surface area contributed by atoms with Crippen molar-refractivity contribution in [2.45, 2.75) is 58.6 Å². The maximum absolute atomic E-state index is 12.5. The van der Waals surface area contributed by atoms with Crippen molar-refractivity contribution >= 4 is 34.9 Å². The minimum atomic E-state index is -3.24. The Morgan fingerprint density at radius 2 is 2.03 bits per heavy atom. The first-order valence-corrected chi connectivity index (χ1v) is 16.7. The van der Waals surface area contributed by atoms with Gasteiger partial charge in [-0.2, -0.15) is 0 Å². The molecule has 1 aliphatic rings. The van der Waals surface area contributed by atoms with Crippen molar-refractivity contribution in [3.63, 3.8) is 0 Å². The first-order chi connectivity index (χ1) is 15.1. The topological polar surface area (TPSA) is 94.6 Å². The van der Waals surface area contributed by atoms with Crippen molar-refractivity contribution < 1.29 is 13.2 Å². The van der Waals surface area contributed by atoms with Gasteiger partial charge in [-0.1, -0.05) is 26.6 Å². The van der Waals surface area contributed by atoms with Gasteiger partial charge < -0.3 is 9.30 Å². The van der Waals surface area contributed by atoms with E-state index >= 15 is 0 Å². The number of ether oxygens (including phenoxy) is 1. The maximum atomic E-state index is 12.5. The summed E-state index contributed by atoms with van der Waals surface area (Å²) in [5, 5.41) is 8.83. The Morgan fingerprint density at radius 3 is 2.75 bits per heavy atom. The molecule has 0 saturated carbocycles. The van der Waals surface area contributed by atoms with Crippen LogP contribution in [0.1, 0.15) is 32.0 Å². The highest BCUT2D eigenvalue weighted by Crippen LogP contribution is 2.33. The van der Waals surface area contributed by atoms with Crippen molar-refractivity contribution in [1.29, 1.82) is 0 Å². The minimum Gasteiger partial charge on any atom is -0.361 e. The molecule has 1 fully saturated rings. The van der Waals surface area contributed by atoms with Crippen molar-refractivity contribution in [3.8, 4) is 0 Å². The molecule has 1 saturated heterocycles. The molecule has 3 aromatic heterocycles. The first-order valence-electron chi connectivity index (χ1n) is 11.3. The summed E-state index contributed by atoms with van der Waals surface area (Å²) in [5.74, 6) is 1.19. The van der Waals surface area contributed by atoms with E-state index in [1.165, 1.54) is 0 Å². The third-order valence-electron chi connectivity index (χ3n) is 6.41.